The average Bonchev–Trinajstić information content (AvgIpc) is 3.42. The van der Waals surface area contributed by atoms with Crippen molar-refractivity contribution in [1.82, 2.24) is 20.1 Å². The first-order chi connectivity index (χ1) is 15.5. The second-order valence-corrected chi connectivity index (χ2v) is 8.94. The van der Waals surface area contributed by atoms with Crippen LogP contribution in [0, 0.1) is 6.92 Å². The normalized spacial score (nSPS) is 17.1. The number of carbonyl (C=O) groups is 1. The fraction of sp³-hybridized carbons (Fsp3) is 0.375. The third-order valence-corrected chi connectivity index (χ3v) is 6.29. The largest absolute Gasteiger partial charge is 0.354 e. The molecule has 0 atom stereocenters. The topological polar surface area (TPSA) is 87.1 Å². The summed E-state index contributed by atoms with van der Waals surface area (Å²) in [6.45, 7) is 8.05. The molecule has 166 valence electrons. The number of anilines is 3. The van der Waals surface area contributed by atoms with Crippen molar-refractivity contribution >= 4 is 23.4 Å². The van der Waals surface area contributed by atoms with Crippen molar-refractivity contribution in [3.8, 4) is 5.69 Å². The molecule has 0 unspecified atom stereocenters. The van der Waals surface area contributed by atoms with Crippen LogP contribution in [0.3, 0.4) is 0 Å². The molecule has 1 aliphatic carbocycles. The van der Waals surface area contributed by atoms with Gasteiger partial charge in [-0.1, -0.05) is 24.6 Å². The fourth-order valence-corrected chi connectivity index (χ4v) is 3.91. The minimum atomic E-state index is -0.317. The Hall–Kier alpha value is -3.39. The number of pyridine rings is 1. The molecule has 32 heavy (non-hydrogen) atoms. The van der Waals surface area contributed by atoms with Gasteiger partial charge in [0, 0.05) is 37.7 Å². The highest BCUT2D eigenvalue weighted by molar-refractivity contribution is 5.99. The molecule has 2 aromatic heterocycles. The van der Waals surface area contributed by atoms with E-state index >= 15 is 0 Å². The van der Waals surface area contributed by atoms with E-state index in [0.29, 0.717) is 11.5 Å². The van der Waals surface area contributed by atoms with Crippen LogP contribution in [0.4, 0.5) is 22.1 Å². The van der Waals surface area contributed by atoms with Crippen LogP contribution in [-0.2, 0) is 5.41 Å². The van der Waals surface area contributed by atoms with Crippen LogP contribution in [0.5, 0.6) is 0 Å². The van der Waals surface area contributed by atoms with E-state index in [0.717, 1.165) is 56.2 Å². The summed E-state index contributed by atoms with van der Waals surface area (Å²) in [4.78, 5) is 19.5. The Labute approximate surface area is 188 Å². The molecule has 0 bridgehead atoms. The average molecular weight is 432 g/mol. The number of aryl methyl sites for hydroxylation is 1. The number of rotatable bonds is 5. The molecule has 0 spiro atoms. The molecule has 5 rings (SSSR count). The van der Waals surface area contributed by atoms with Crippen LogP contribution in [0.2, 0.25) is 0 Å². The number of hydrogen-bond donors (Lipinski definition) is 3. The van der Waals surface area contributed by atoms with Gasteiger partial charge in [-0.05, 0) is 44.0 Å². The van der Waals surface area contributed by atoms with E-state index < -0.39 is 0 Å². The first kappa shape index (κ1) is 20.5. The minimum Gasteiger partial charge on any atom is -0.354 e. The zero-order valence-electron chi connectivity index (χ0n) is 18.6. The third-order valence-electron chi connectivity index (χ3n) is 6.29. The summed E-state index contributed by atoms with van der Waals surface area (Å²) in [6, 6.07) is 13.6. The minimum absolute atomic E-state index is 0.104. The Morgan fingerprint density at radius 3 is 2.47 bits per heavy atom. The van der Waals surface area contributed by atoms with Gasteiger partial charge in [-0.15, -0.1) is 0 Å². The second-order valence-electron chi connectivity index (χ2n) is 8.94. The Kier molecular flexibility index (Phi) is 5.30. The number of aromatic nitrogens is 3. The van der Waals surface area contributed by atoms with Gasteiger partial charge < -0.3 is 15.5 Å². The van der Waals surface area contributed by atoms with Crippen molar-refractivity contribution in [2.75, 3.05) is 41.7 Å². The van der Waals surface area contributed by atoms with Crippen LogP contribution in [0.15, 0.2) is 48.7 Å². The van der Waals surface area contributed by atoms with Gasteiger partial charge in [0.2, 0.25) is 0 Å². The molecule has 0 radical (unpaired) electrons. The van der Waals surface area contributed by atoms with Crippen molar-refractivity contribution in [3.05, 3.63) is 59.9 Å². The van der Waals surface area contributed by atoms with Crippen LogP contribution in [0.1, 0.15) is 31.0 Å². The van der Waals surface area contributed by atoms with E-state index in [-0.39, 0.29) is 11.4 Å². The summed E-state index contributed by atoms with van der Waals surface area (Å²) in [6.07, 6.45) is 3.94. The molecule has 1 aromatic carbocycles. The van der Waals surface area contributed by atoms with Gasteiger partial charge in [-0.2, -0.15) is 5.10 Å². The number of nitrogens with one attached hydrogen (secondary N) is 3. The Morgan fingerprint density at radius 1 is 1.06 bits per heavy atom. The molecule has 2 aliphatic rings. The number of carbonyl (C=O) groups excluding carboxylic acids is 1. The summed E-state index contributed by atoms with van der Waals surface area (Å²) in [5.74, 6) is 1.58. The molecule has 1 saturated heterocycles. The predicted molar refractivity (Wildman–Crippen MR) is 127 cm³/mol. The molecular weight excluding hydrogens is 402 g/mol. The molecular formula is C24H29N7O. The van der Waals surface area contributed by atoms with Gasteiger partial charge in [0.1, 0.15) is 11.6 Å². The van der Waals surface area contributed by atoms with Crippen molar-refractivity contribution < 1.29 is 4.79 Å². The van der Waals surface area contributed by atoms with E-state index in [1.807, 2.05) is 47.1 Å². The van der Waals surface area contributed by atoms with Gasteiger partial charge in [-0.25, -0.2) is 14.5 Å². The standard InChI is InChI=1S/C24H29N7O/c1-17-3-6-19(7-4-17)31-22(15-20(29-31)24(2)9-10-24)28-23(32)27-18-5-8-21(26-16-18)30-13-11-25-12-14-30/h3-8,15-16,25H,9-14H2,1-2H3,(H2,27,28,32). The van der Waals surface area contributed by atoms with E-state index in [1.165, 1.54) is 5.56 Å². The molecule has 8 nitrogen and oxygen atoms in total. The van der Waals surface area contributed by atoms with Crippen LogP contribution in [0.25, 0.3) is 5.69 Å². The molecule has 2 amide bonds. The first-order valence-electron chi connectivity index (χ1n) is 11.2. The lowest BCUT2D eigenvalue weighted by Crippen LogP contribution is -2.43. The number of amides is 2. The van der Waals surface area contributed by atoms with Crippen molar-refractivity contribution in [1.29, 1.82) is 0 Å². The molecule has 1 aliphatic heterocycles. The van der Waals surface area contributed by atoms with E-state index in [9.17, 15) is 4.79 Å². The lowest BCUT2D eigenvalue weighted by Gasteiger charge is -2.28. The smallest absolute Gasteiger partial charge is 0.324 e. The molecule has 3 aromatic rings. The van der Waals surface area contributed by atoms with E-state index in [1.54, 1.807) is 6.20 Å². The van der Waals surface area contributed by atoms with E-state index in [2.05, 4.69) is 39.7 Å². The monoisotopic (exact) mass is 431 g/mol. The van der Waals surface area contributed by atoms with Crippen LogP contribution in [-0.4, -0.2) is 47.0 Å². The van der Waals surface area contributed by atoms with Crippen LogP contribution >= 0.6 is 0 Å². The molecule has 3 N–H and O–H groups in total. The zero-order valence-corrected chi connectivity index (χ0v) is 18.6. The zero-order chi connectivity index (χ0) is 22.1. The third kappa shape index (κ3) is 4.31. The van der Waals surface area contributed by atoms with Crippen LogP contribution < -0.4 is 20.9 Å². The predicted octanol–water partition coefficient (Wildman–Crippen LogP) is 3.68. The highest BCUT2D eigenvalue weighted by Crippen LogP contribution is 2.47. The summed E-state index contributed by atoms with van der Waals surface area (Å²) < 4.78 is 1.81. The number of hydrogen-bond acceptors (Lipinski definition) is 5. The lowest BCUT2D eigenvalue weighted by molar-refractivity contribution is 0.262. The second kappa shape index (κ2) is 8.27. The summed E-state index contributed by atoms with van der Waals surface area (Å²) in [5, 5.41) is 14.0. The van der Waals surface area contributed by atoms with Gasteiger partial charge in [0.15, 0.2) is 0 Å². The van der Waals surface area contributed by atoms with Crippen molar-refractivity contribution in [2.24, 2.45) is 0 Å². The maximum absolute atomic E-state index is 12.8. The summed E-state index contributed by atoms with van der Waals surface area (Å²) >= 11 is 0. The highest BCUT2D eigenvalue weighted by Gasteiger charge is 2.42. The molecule has 1 saturated carbocycles. The van der Waals surface area contributed by atoms with E-state index in [4.69, 9.17) is 5.10 Å². The van der Waals surface area contributed by atoms with Gasteiger partial charge >= 0.3 is 6.03 Å². The highest BCUT2D eigenvalue weighted by atomic mass is 16.2. The lowest BCUT2D eigenvalue weighted by atomic mass is 10.1. The van der Waals surface area contributed by atoms with Gasteiger partial charge in [0.25, 0.3) is 0 Å². The Bertz CT molecular complexity index is 1090. The Balaban J connectivity index is 1.31. The molecule has 3 heterocycles. The number of urea groups is 1. The quantitative estimate of drug-likeness (QED) is 0.574. The number of nitrogens with zero attached hydrogens (tertiary/aromatic N) is 4. The SMILES string of the molecule is Cc1ccc(-n2nc(C3(C)CC3)cc2NC(=O)Nc2ccc(N3CCNCC3)nc2)cc1. The maximum Gasteiger partial charge on any atom is 0.324 e. The summed E-state index contributed by atoms with van der Waals surface area (Å²) in [5.41, 5.74) is 3.86. The van der Waals surface area contributed by atoms with Gasteiger partial charge in [-0.3, -0.25) is 5.32 Å². The molecule has 8 heteroatoms. The van der Waals surface area contributed by atoms with Gasteiger partial charge in [0.05, 0.1) is 23.3 Å². The van der Waals surface area contributed by atoms with Crippen molar-refractivity contribution in [2.45, 2.75) is 32.1 Å². The maximum atomic E-state index is 12.8. The fourth-order valence-electron chi connectivity index (χ4n) is 3.91. The molecule has 2 fully saturated rings. The first-order valence-corrected chi connectivity index (χ1v) is 11.2. The number of benzene rings is 1. The number of piperazine rings is 1. The Morgan fingerprint density at radius 2 is 1.81 bits per heavy atom. The van der Waals surface area contributed by atoms with Crippen molar-refractivity contribution in [3.63, 3.8) is 0 Å². The summed E-state index contributed by atoms with van der Waals surface area (Å²) in [7, 11) is 0.